The maximum absolute atomic E-state index is 12.8. The summed E-state index contributed by atoms with van der Waals surface area (Å²) in [5.74, 6) is -3.05. The van der Waals surface area contributed by atoms with Crippen molar-refractivity contribution in [3.05, 3.63) is 35.4 Å². The lowest BCUT2D eigenvalue weighted by Gasteiger charge is -2.09. The van der Waals surface area contributed by atoms with Gasteiger partial charge in [-0.15, -0.1) is 0 Å². The lowest BCUT2D eigenvalue weighted by Crippen LogP contribution is -2.53. The van der Waals surface area contributed by atoms with E-state index in [9.17, 15) is 18.7 Å². The molecule has 0 saturated carbocycles. The van der Waals surface area contributed by atoms with E-state index < -0.39 is 17.6 Å². The Morgan fingerprint density at radius 2 is 2.07 bits per heavy atom. The van der Waals surface area contributed by atoms with Gasteiger partial charge in [-0.3, -0.25) is 0 Å². The molecule has 0 radical (unpaired) electrons. The van der Waals surface area contributed by atoms with Crippen LogP contribution in [0.4, 0.5) is 8.78 Å². The lowest BCUT2D eigenvalue weighted by atomic mass is 10.0. The topological polar surface area (TPSA) is 67.8 Å². The molecule has 0 aliphatic rings. The van der Waals surface area contributed by atoms with E-state index in [1.165, 1.54) is 6.07 Å². The minimum atomic E-state index is -1.17. The number of halogens is 2. The molecule has 0 fully saturated rings. The number of carbonyl (C=O) groups is 1. The molecule has 3 N–H and O–H groups in total. The Morgan fingerprint density at radius 1 is 1.40 bits per heavy atom. The fourth-order valence-corrected chi connectivity index (χ4v) is 1.23. The highest BCUT2D eigenvalue weighted by molar-refractivity contribution is 5.64. The van der Waals surface area contributed by atoms with Crippen LogP contribution >= 0.6 is 0 Å². The van der Waals surface area contributed by atoms with Gasteiger partial charge in [-0.1, -0.05) is 0 Å². The molecule has 0 aliphatic carbocycles. The van der Waals surface area contributed by atoms with E-state index in [0.29, 0.717) is 5.56 Å². The summed E-state index contributed by atoms with van der Waals surface area (Å²) in [5, 5.41) is 10.2. The first kappa shape index (κ1) is 11.6. The molecule has 0 heterocycles. The maximum Gasteiger partial charge on any atom is 0.159 e. The molecule has 0 bridgehead atoms. The van der Waals surface area contributed by atoms with Gasteiger partial charge in [-0.2, -0.15) is 0 Å². The van der Waals surface area contributed by atoms with Crippen LogP contribution in [0.5, 0.6) is 0 Å². The fourth-order valence-electron chi connectivity index (χ4n) is 1.23. The SMILES string of the molecule is [NH3+][C@H](CCC(=O)[O-])c1ccc(F)c(F)c1. The smallest absolute Gasteiger partial charge is 0.159 e. The number of carboxylic acid groups (broad SMARTS) is 1. The van der Waals surface area contributed by atoms with Gasteiger partial charge in [0.25, 0.3) is 0 Å². The Labute approximate surface area is 85.5 Å². The third-order valence-corrected chi connectivity index (χ3v) is 2.11. The zero-order valence-corrected chi connectivity index (χ0v) is 8.00. The van der Waals surface area contributed by atoms with Crippen LogP contribution in [0.25, 0.3) is 0 Å². The molecule has 1 rings (SSSR count). The normalized spacial score (nSPS) is 12.5. The van der Waals surface area contributed by atoms with Crippen molar-refractivity contribution in [3.8, 4) is 0 Å². The fraction of sp³-hybridized carbons (Fsp3) is 0.300. The minimum Gasteiger partial charge on any atom is -0.550 e. The summed E-state index contributed by atoms with van der Waals surface area (Å²) >= 11 is 0. The van der Waals surface area contributed by atoms with Gasteiger partial charge in [0.1, 0.15) is 6.04 Å². The number of hydrogen-bond donors (Lipinski definition) is 1. The maximum atomic E-state index is 12.8. The summed E-state index contributed by atoms with van der Waals surface area (Å²) < 4.78 is 25.4. The predicted octanol–water partition coefficient (Wildman–Crippen LogP) is -0.222. The molecule has 0 spiro atoms. The third-order valence-electron chi connectivity index (χ3n) is 2.11. The average molecular weight is 215 g/mol. The molecule has 82 valence electrons. The first-order valence-electron chi connectivity index (χ1n) is 4.48. The number of hydrogen-bond acceptors (Lipinski definition) is 2. The second kappa shape index (κ2) is 4.84. The molecule has 1 aromatic carbocycles. The zero-order chi connectivity index (χ0) is 11.4. The van der Waals surface area contributed by atoms with Gasteiger partial charge in [-0.25, -0.2) is 8.78 Å². The van der Waals surface area contributed by atoms with Gasteiger partial charge < -0.3 is 15.6 Å². The first-order chi connectivity index (χ1) is 7.00. The number of aliphatic carboxylic acids is 1. The highest BCUT2D eigenvalue weighted by Gasteiger charge is 2.12. The van der Waals surface area contributed by atoms with E-state index in [1.54, 1.807) is 0 Å². The summed E-state index contributed by atoms with van der Waals surface area (Å²) in [4.78, 5) is 10.2. The molecular formula is C10H11F2NO2. The molecule has 0 unspecified atom stereocenters. The predicted molar refractivity (Wildman–Crippen MR) is 46.2 cm³/mol. The Balaban J connectivity index is 2.69. The van der Waals surface area contributed by atoms with Crippen LogP contribution in [-0.4, -0.2) is 5.97 Å². The number of carbonyl (C=O) groups excluding carboxylic acids is 1. The van der Waals surface area contributed by atoms with Gasteiger partial charge in [0, 0.05) is 18.0 Å². The first-order valence-corrected chi connectivity index (χ1v) is 4.48. The molecule has 0 saturated heterocycles. The highest BCUT2D eigenvalue weighted by atomic mass is 19.2. The van der Waals surface area contributed by atoms with E-state index in [1.807, 2.05) is 0 Å². The van der Waals surface area contributed by atoms with Crippen molar-refractivity contribution < 1.29 is 24.4 Å². The summed E-state index contributed by atoms with van der Waals surface area (Å²) in [6.45, 7) is 0. The van der Waals surface area contributed by atoms with Crippen molar-refractivity contribution in [1.82, 2.24) is 0 Å². The van der Waals surface area contributed by atoms with E-state index in [0.717, 1.165) is 12.1 Å². The Morgan fingerprint density at radius 3 is 2.60 bits per heavy atom. The van der Waals surface area contributed by atoms with Crippen molar-refractivity contribution in [2.45, 2.75) is 18.9 Å². The van der Waals surface area contributed by atoms with Gasteiger partial charge in [0.15, 0.2) is 11.6 Å². The summed E-state index contributed by atoms with van der Waals surface area (Å²) in [5.41, 5.74) is 4.15. The Bertz CT molecular complexity index is 368. The molecule has 1 atom stereocenters. The number of carboxylic acids is 1. The van der Waals surface area contributed by atoms with E-state index in [4.69, 9.17) is 0 Å². The van der Waals surface area contributed by atoms with Crippen LogP contribution in [0, 0.1) is 11.6 Å². The molecule has 5 heteroatoms. The molecule has 1 aromatic rings. The van der Waals surface area contributed by atoms with Crippen molar-refractivity contribution in [1.29, 1.82) is 0 Å². The van der Waals surface area contributed by atoms with Crippen LogP contribution in [0.1, 0.15) is 24.4 Å². The van der Waals surface area contributed by atoms with Crippen LogP contribution in [0.3, 0.4) is 0 Å². The molecule has 0 aromatic heterocycles. The Hall–Kier alpha value is -1.49. The minimum absolute atomic E-state index is 0.146. The lowest BCUT2D eigenvalue weighted by molar-refractivity contribution is -0.428. The van der Waals surface area contributed by atoms with E-state index in [2.05, 4.69) is 5.73 Å². The van der Waals surface area contributed by atoms with Crippen molar-refractivity contribution in [2.24, 2.45) is 0 Å². The number of benzene rings is 1. The second-order valence-corrected chi connectivity index (χ2v) is 3.28. The molecule has 0 amide bonds. The van der Waals surface area contributed by atoms with Crippen LogP contribution in [-0.2, 0) is 4.79 Å². The summed E-state index contributed by atoms with van der Waals surface area (Å²) in [7, 11) is 0. The van der Waals surface area contributed by atoms with Crippen LogP contribution in [0.15, 0.2) is 18.2 Å². The number of quaternary nitrogens is 1. The molecular weight excluding hydrogens is 204 g/mol. The van der Waals surface area contributed by atoms with Crippen LogP contribution in [0.2, 0.25) is 0 Å². The number of rotatable bonds is 4. The van der Waals surface area contributed by atoms with Crippen molar-refractivity contribution in [2.75, 3.05) is 0 Å². The highest BCUT2D eigenvalue weighted by Crippen LogP contribution is 2.16. The van der Waals surface area contributed by atoms with E-state index >= 15 is 0 Å². The quantitative estimate of drug-likeness (QED) is 0.754. The van der Waals surface area contributed by atoms with Crippen molar-refractivity contribution >= 4 is 5.97 Å². The van der Waals surface area contributed by atoms with Crippen molar-refractivity contribution in [3.63, 3.8) is 0 Å². The van der Waals surface area contributed by atoms with Gasteiger partial charge in [-0.05, 0) is 24.6 Å². The standard InChI is InChI=1S/C10H11F2NO2/c11-7-2-1-6(5-8(7)12)9(13)3-4-10(14)15/h1-2,5,9H,3-4,13H2,(H,14,15)/t9-/m1/s1. The largest absolute Gasteiger partial charge is 0.550 e. The van der Waals surface area contributed by atoms with E-state index in [-0.39, 0.29) is 18.9 Å². The second-order valence-electron chi connectivity index (χ2n) is 3.28. The molecule has 3 nitrogen and oxygen atoms in total. The van der Waals surface area contributed by atoms with Gasteiger partial charge in [0.2, 0.25) is 0 Å². The summed E-state index contributed by atoms with van der Waals surface area (Å²) in [6.07, 6.45) is 0.0978. The zero-order valence-electron chi connectivity index (χ0n) is 8.00. The third kappa shape index (κ3) is 3.28. The van der Waals surface area contributed by atoms with Gasteiger partial charge in [0.05, 0.1) is 0 Å². The molecule has 0 aliphatic heterocycles. The Kier molecular flexibility index (Phi) is 3.74. The van der Waals surface area contributed by atoms with Crippen LogP contribution < -0.4 is 10.8 Å². The monoisotopic (exact) mass is 215 g/mol. The van der Waals surface area contributed by atoms with Gasteiger partial charge >= 0.3 is 0 Å². The average Bonchev–Trinajstić information content (AvgIpc) is 2.18. The summed E-state index contributed by atoms with van der Waals surface area (Å²) in [6, 6.07) is 3.05. The molecule has 15 heavy (non-hydrogen) atoms.